The summed E-state index contributed by atoms with van der Waals surface area (Å²) in [5.74, 6) is 5.76. The summed E-state index contributed by atoms with van der Waals surface area (Å²) in [4.78, 5) is 28.5. The van der Waals surface area contributed by atoms with Crippen molar-refractivity contribution in [2.45, 2.75) is 53.2 Å². The number of hydrogen-bond acceptors (Lipinski definition) is 6. The molecule has 0 spiro atoms. The molecule has 0 aromatic carbocycles. The minimum atomic E-state index is -1.58. The zero-order valence-corrected chi connectivity index (χ0v) is 17.8. The van der Waals surface area contributed by atoms with Gasteiger partial charge in [-0.2, -0.15) is 0 Å². The maximum absolute atomic E-state index is 12.9. The van der Waals surface area contributed by atoms with E-state index in [-0.39, 0.29) is 28.9 Å². The van der Waals surface area contributed by atoms with Crippen molar-refractivity contribution >= 4 is 16.9 Å². The second kappa shape index (κ2) is 8.20. The number of hydrogen-bond donors (Lipinski definition) is 2. The van der Waals surface area contributed by atoms with E-state index in [1.807, 2.05) is 6.92 Å². The first-order chi connectivity index (χ1) is 14.2. The van der Waals surface area contributed by atoms with Crippen LogP contribution in [-0.2, 0) is 16.9 Å². The minimum Gasteiger partial charge on any atom is -0.462 e. The third kappa shape index (κ3) is 3.89. The van der Waals surface area contributed by atoms with E-state index < -0.39 is 11.6 Å². The topological polar surface area (TPSA) is 110 Å². The van der Waals surface area contributed by atoms with Crippen LogP contribution < -0.4 is 5.56 Å². The van der Waals surface area contributed by atoms with Gasteiger partial charge in [0.25, 0.3) is 5.56 Å². The first-order valence-corrected chi connectivity index (χ1v) is 9.81. The molecule has 1 atom stereocenters. The molecule has 158 valence electrons. The Labute approximate surface area is 173 Å². The molecule has 0 aliphatic rings. The number of carbonyl (C=O) groups excluding carboxylic acids is 1. The highest BCUT2D eigenvalue weighted by atomic mass is 16.5. The van der Waals surface area contributed by atoms with Crippen LogP contribution in [0.2, 0.25) is 0 Å². The maximum Gasteiger partial charge on any atom is 0.340 e. The zero-order valence-electron chi connectivity index (χ0n) is 17.8. The summed E-state index contributed by atoms with van der Waals surface area (Å²) in [6, 6.07) is 1.60. The lowest BCUT2D eigenvalue weighted by Gasteiger charge is -2.12. The Bertz CT molecular complexity index is 1220. The number of H-pyrrole nitrogens is 1. The van der Waals surface area contributed by atoms with Gasteiger partial charge >= 0.3 is 5.97 Å². The van der Waals surface area contributed by atoms with Gasteiger partial charge in [-0.1, -0.05) is 23.9 Å². The molecule has 0 radical (unpaired) electrons. The summed E-state index contributed by atoms with van der Waals surface area (Å²) in [6.45, 7) is 9.32. The number of rotatable bonds is 5. The third-order valence-corrected chi connectivity index (χ3v) is 4.73. The molecule has 8 nitrogen and oxygen atoms in total. The van der Waals surface area contributed by atoms with E-state index in [1.165, 1.54) is 6.92 Å². The molecular weight excluding hydrogens is 386 g/mol. The van der Waals surface area contributed by atoms with Crippen molar-refractivity contribution in [3.05, 3.63) is 50.9 Å². The van der Waals surface area contributed by atoms with Gasteiger partial charge in [-0.3, -0.25) is 4.79 Å². The van der Waals surface area contributed by atoms with Crippen molar-refractivity contribution in [2.24, 2.45) is 0 Å². The molecule has 0 aliphatic carbocycles. The Morgan fingerprint density at radius 1 is 1.40 bits per heavy atom. The fourth-order valence-corrected chi connectivity index (χ4v) is 3.29. The van der Waals surface area contributed by atoms with Gasteiger partial charge < -0.3 is 23.9 Å². The lowest BCUT2D eigenvalue weighted by Crippen LogP contribution is -2.21. The van der Waals surface area contributed by atoms with Gasteiger partial charge in [0.2, 0.25) is 0 Å². The molecule has 3 aromatic rings. The van der Waals surface area contributed by atoms with Gasteiger partial charge in [0.1, 0.15) is 17.0 Å². The Morgan fingerprint density at radius 3 is 2.73 bits per heavy atom. The van der Waals surface area contributed by atoms with Crippen molar-refractivity contribution in [1.82, 2.24) is 14.7 Å². The number of nitrogens with one attached hydrogen (secondary N) is 1. The molecule has 0 saturated carbocycles. The van der Waals surface area contributed by atoms with Gasteiger partial charge in [0.15, 0.2) is 5.60 Å². The number of carbonyl (C=O) groups is 1. The summed E-state index contributed by atoms with van der Waals surface area (Å²) in [5.41, 5.74) is -0.0220. The average Bonchev–Trinajstić information content (AvgIpc) is 3.27. The molecule has 8 heteroatoms. The van der Waals surface area contributed by atoms with Crippen LogP contribution in [0.1, 0.15) is 60.3 Å². The largest absolute Gasteiger partial charge is 0.462 e. The van der Waals surface area contributed by atoms with Crippen LogP contribution in [0.25, 0.3) is 10.9 Å². The molecule has 3 aromatic heterocycles. The smallest absolute Gasteiger partial charge is 0.340 e. The molecule has 2 N–H and O–H groups in total. The van der Waals surface area contributed by atoms with Crippen molar-refractivity contribution in [1.29, 1.82) is 0 Å². The lowest BCUT2D eigenvalue weighted by molar-refractivity contribution is 0.0528. The molecule has 1 unspecified atom stereocenters. The van der Waals surface area contributed by atoms with Gasteiger partial charge in [0.05, 0.1) is 17.7 Å². The van der Waals surface area contributed by atoms with E-state index in [0.717, 1.165) is 6.42 Å². The fraction of sp³-hybridized carbons (Fsp3) is 0.409. The Balaban J connectivity index is 2.26. The summed E-state index contributed by atoms with van der Waals surface area (Å²) in [6.07, 6.45) is 2.36. The van der Waals surface area contributed by atoms with Crippen LogP contribution >= 0.6 is 0 Å². The second-order valence-electron chi connectivity index (χ2n) is 7.28. The predicted octanol–water partition coefficient (Wildman–Crippen LogP) is 2.78. The van der Waals surface area contributed by atoms with Gasteiger partial charge in [-0.25, -0.2) is 4.79 Å². The predicted molar refractivity (Wildman–Crippen MR) is 111 cm³/mol. The van der Waals surface area contributed by atoms with Crippen molar-refractivity contribution in [2.75, 3.05) is 6.61 Å². The van der Waals surface area contributed by atoms with E-state index in [0.29, 0.717) is 28.9 Å². The highest BCUT2D eigenvalue weighted by molar-refractivity contribution is 6.07. The van der Waals surface area contributed by atoms with Crippen LogP contribution in [0.5, 0.6) is 0 Å². The lowest BCUT2D eigenvalue weighted by atomic mass is 10.0. The van der Waals surface area contributed by atoms with Crippen LogP contribution in [0.15, 0.2) is 21.6 Å². The van der Waals surface area contributed by atoms with Gasteiger partial charge in [-0.15, -0.1) is 0 Å². The molecule has 0 fully saturated rings. The van der Waals surface area contributed by atoms with Crippen molar-refractivity contribution in [3.8, 4) is 11.8 Å². The van der Waals surface area contributed by atoms with E-state index in [4.69, 9.17) is 9.26 Å². The SMILES string of the molecule is CCCn1cc(C#CC(C)(O)c2cc(C)on2)c2c(C(=O)OCC)c(C)[nH]c2c1=O. The quantitative estimate of drug-likeness (QED) is 0.493. The normalized spacial score (nSPS) is 13.0. The summed E-state index contributed by atoms with van der Waals surface area (Å²) in [7, 11) is 0. The maximum atomic E-state index is 12.9. The molecule has 3 heterocycles. The Morgan fingerprint density at radius 2 is 2.13 bits per heavy atom. The van der Waals surface area contributed by atoms with E-state index in [9.17, 15) is 14.7 Å². The first-order valence-electron chi connectivity index (χ1n) is 9.81. The fourth-order valence-electron chi connectivity index (χ4n) is 3.29. The number of fused-ring (bicyclic) bond motifs is 1. The number of esters is 1. The number of aromatic amines is 1. The minimum absolute atomic E-state index is 0.207. The van der Waals surface area contributed by atoms with Crippen LogP contribution in [0.4, 0.5) is 0 Å². The highest BCUT2D eigenvalue weighted by Crippen LogP contribution is 2.25. The zero-order chi connectivity index (χ0) is 22.1. The third-order valence-electron chi connectivity index (χ3n) is 4.73. The molecule has 0 aliphatic heterocycles. The summed E-state index contributed by atoms with van der Waals surface area (Å²) >= 11 is 0. The second-order valence-corrected chi connectivity index (χ2v) is 7.28. The first kappa shape index (κ1) is 21.4. The van der Waals surface area contributed by atoms with Crippen molar-refractivity contribution < 1.29 is 19.2 Å². The Hall–Kier alpha value is -3.31. The summed E-state index contributed by atoms with van der Waals surface area (Å²) < 4.78 is 11.8. The molecule has 3 rings (SSSR count). The van der Waals surface area contributed by atoms with Crippen molar-refractivity contribution in [3.63, 3.8) is 0 Å². The average molecular weight is 411 g/mol. The number of aliphatic hydroxyl groups is 1. The number of ether oxygens (including phenoxy) is 1. The van der Waals surface area contributed by atoms with Crippen LogP contribution in [0.3, 0.4) is 0 Å². The number of aromatic nitrogens is 3. The van der Waals surface area contributed by atoms with Crippen LogP contribution in [-0.4, -0.2) is 32.4 Å². The van der Waals surface area contributed by atoms with Gasteiger partial charge in [0, 0.05) is 29.9 Å². The number of nitrogens with zero attached hydrogens (tertiary/aromatic N) is 2. The molecular formula is C22H25N3O5. The van der Waals surface area contributed by atoms with E-state index in [2.05, 4.69) is 22.0 Å². The molecule has 0 bridgehead atoms. The monoisotopic (exact) mass is 411 g/mol. The molecule has 0 saturated heterocycles. The highest BCUT2D eigenvalue weighted by Gasteiger charge is 2.26. The standard InChI is InChI=1S/C22H25N3O5/c1-6-10-25-12-15(8-9-22(5,28)16-11-13(3)30-24-16)18-17(21(27)29-7-2)14(4)23-19(18)20(25)26/h11-12,23,28H,6-7,10H2,1-5H3. The van der Waals surface area contributed by atoms with Crippen LogP contribution in [0, 0.1) is 25.7 Å². The molecule has 0 amide bonds. The number of aryl methyl sites for hydroxylation is 3. The van der Waals surface area contributed by atoms with Gasteiger partial charge in [-0.05, 0) is 34.1 Å². The number of pyridine rings is 1. The summed E-state index contributed by atoms with van der Waals surface area (Å²) in [5, 5.41) is 15.0. The Kier molecular flexibility index (Phi) is 5.85. The van der Waals surface area contributed by atoms with E-state index >= 15 is 0 Å². The molecule has 30 heavy (non-hydrogen) atoms. The van der Waals surface area contributed by atoms with E-state index in [1.54, 1.807) is 37.6 Å².